The first-order chi connectivity index (χ1) is 8.04. The number of hydrogen-bond acceptors (Lipinski definition) is 3. The Morgan fingerprint density at radius 2 is 2.18 bits per heavy atom. The van der Waals surface area contributed by atoms with E-state index in [1.807, 2.05) is 19.9 Å². The topological polar surface area (TPSA) is 66.4 Å². The smallest absolute Gasteiger partial charge is 0.326 e. The average Bonchev–Trinajstić information content (AvgIpc) is 2.70. The molecule has 1 aromatic rings. The Balaban J connectivity index is 2.60. The SMILES string of the molecule is CCCC[C@@H](NC(=O)c1ccc(C)s1)C(=O)O. The number of thiophene rings is 1. The second kappa shape index (κ2) is 6.39. The first kappa shape index (κ1) is 13.7. The molecular weight excluding hydrogens is 238 g/mol. The van der Waals surface area contributed by atoms with Crippen molar-refractivity contribution < 1.29 is 14.7 Å². The van der Waals surface area contributed by atoms with Crippen molar-refractivity contribution in [3.63, 3.8) is 0 Å². The lowest BCUT2D eigenvalue weighted by molar-refractivity contribution is -0.139. The van der Waals surface area contributed by atoms with Crippen LogP contribution in [0.1, 0.15) is 40.7 Å². The van der Waals surface area contributed by atoms with Gasteiger partial charge in [-0.05, 0) is 25.5 Å². The van der Waals surface area contributed by atoms with Gasteiger partial charge < -0.3 is 10.4 Å². The largest absolute Gasteiger partial charge is 0.480 e. The highest BCUT2D eigenvalue weighted by molar-refractivity contribution is 7.13. The van der Waals surface area contributed by atoms with Crippen molar-refractivity contribution in [3.8, 4) is 0 Å². The van der Waals surface area contributed by atoms with Crippen LogP contribution < -0.4 is 5.32 Å². The van der Waals surface area contributed by atoms with Crippen molar-refractivity contribution in [2.24, 2.45) is 0 Å². The lowest BCUT2D eigenvalue weighted by atomic mass is 10.1. The van der Waals surface area contributed by atoms with Gasteiger partial charge >= 0.3 is 5.97 Å². The normalized spacial score (nSPS) is 12.1. The van der Waals surface area contributed by atoms with Crippen LogP contribution >= 0.6 is 11.3 Å². The van der Waals surface area contributed by atoms with Crippen molar-refractivity contribution in [1.29, 1.82) is 0 Å². The monoisotopic (exact) mass is 255 g/mol. The number of aliphatic carboxylic acids is 1. The molecule has 0 radical (unpaired) electrons. The number of carboxylic acids is 1. The van der Waals surface area contributed by atoms with E-state index in [1.54, 1.807) is 6.07 Å². The first-order valence-electron chi connectivity index (χ1n) is 5.64. The zero-order chi connectivity index (χ0) is 12.8. The molecule has 0 saturated heterocycles. The Morgan fingerprint density at radius 1 is 1.47 bits per heavy atom. The van der Waals surface area contributed by atoms with Gasteiger partial charge in [0.05, 0.1) is 4.88 Å². The Labute approximate surface area is 105 Å². The van der Waals surface area contributed by atoms with Crippen molar-refractivity contribution in [2.45, 2.75) is 39.2 Å². The molecule has 0 unspecified atom stereocenters. The number of carbonyl (C=O) groups excluding carboxylic acids is 1. The van der Waals surface area contributed by atoms with Crippen LogP contribution in [0.2, 0.25) is 0 Å². The van der Waals surface area contributed by atoms with Crippen LogP contribution in [-0.4, -0.2) is 23.0 Å². The minimum Gasteiger partial charge on any atom is -0.480 e. The molecule has 0 aliphatic heterocycles. The highest BCUT2D eigenvalue weighted by Gasteiger charge is 2.20. The standard InChI is InChI=1S/C12H17NO3S/c1-3-4-5-9(12(15)16)13-11(14)10-7-6-8(2)17-10/h6-7,9H,3-5H2,1-2H3,(H,13,14)(H,15,16)/t9-/m1/s1. The van der Waals surface area contributed by atoms with E-state index in [-0.39, 0.29) is 5.91 Å². The van der Waals surface area contributed by atoms with Crippen molar-refractivity contribution in [1.82, 2.24) is 5.32 Å². The number of carboxylic acid groups (broad SMARTS) is 1. The maximum Gasteiger partial charge on any atom is 0.326 e. The summed E-state index contributed by atoms with van der Waals surface area (Å²) in [6.07, 6.45) is 2.18. The van der Waals surface area contributed by atoms with Crippen molar-refractivity contribution in [3.05, 3.63) is 21.9 Å². The molecule has 1 rings (SSSR count). The molecule has 1 amide bonds. The van der Waals surface area contributed by atoms with Crippen LogP contribution in [0, 0.1) is 6.92 Å². The van der Waals surface area contributed by atoms with Gasteiger partial charge in [0.25, 0.3) is 5.91 Å². The van der Waals surface area contributed by atoms with Crippen LogP contribution in [0.5, 0.6) is 0 Å². The second-order valence-corrected chi connectivity index (χ2v) is 5.20. The van der Waals surface area contributed by atoms with E-state index < -0.39 is 12.0 Å². The molecular formula is C12H17NO3S. The summed E-state index contributed by atoms with van der Waals surface area (Å²) in [5.41, 5.74) is 0. The molecule has 2 N–H and O–H groups in total. The number of rotatable bonds is 6. The number of amides is 1. The fourth-order valence-corrected chi connectivity index (χ4v) is 2.22. The molecule has 17 heavy (non-hydrogen) atoms. The zero-order valence-electron chi connectivity index (χ0n) is 10.0. The molecule has 0 bridgehead atoms. The van der Waals surface area contributed by atoms with E-state index in [0.29, 0.717) is 11.3 Å². The van der Waals surface area contributed by atoms with Crippen LogP contribution in [0.25, 0.3) is 0 Å². The third kappa shape index (κ3) is 4.19. The molecule has 0 aromatic carbocycles. The molecule has 0 fully saturated rings. The van der Waals surface area contributed by atoms with Crippen LogP contribution in [0.4, 0.5) is 0 Å². The first-order valence-corrected chi connectivity index (χ1v) is 6.46. The third-order valence-electron chi connectivity index (χ3n) is 2.41. The zero-order valence-corrected chi connectivity index (χ0v) is 10.8. The summed E-state index contributed by atoms with van der Waals surface area (Å²) < 4.78 is 0. The summed E-state index contributed by atoms with van der Waals surface area (Å²) >= 11 is 1.37. The molecule has 0 saturated carbocycles. The molecule has 0 spiro atoms. The Kier molecular flexibility index (Phi) is 5.15. The predicted molar refractivity (Wildman–Crippen MR) is 67.5 cm³/mol. The van der Waals surface area contributed by atoms with Crippen LogP contribution in [-0.2, 0) is 4.79 Å². The van der Waals surface area contributed by atoms with Gasteiger partial charge in [0.15, 0.2) is 0 Å². The number of aryl methyl sites for hydroxylation is 1. The summed E-state index contributed by atoms with van der Waals surface area (Å²) in [5.74, 6) is -1.27. The molecule has 0 aliphatic carbocycles. The molecule has 1 heterocycles. The molecule has 4 nitrogen and oxygen atoms in total. The summed E-state index contributed by atoms with van der Waals surface area (Å²) in [5, 5.41) is 11.5. The molecule has 5 heteroatoms. The highest BCUT2D eigenvalue weighted by Crippen LogP contribution is 2.15. The van der Waals surface area contributed by atoms with Gasteiger partial charge in [-0.15, -0.1) is 11.3 Å². The predicted octanol–water partition coefficient (Wildman–Crippen LogP) is 2.43. The Bertz CT molecular complexity index is 400. The molecule has 94 valence electrons. The van der Waals surface area contributed by atoms with Crippen molar-refractivity contribution in [2.75, 3.05) is 0 Å². The van der Waals surface area contributed by atoms with E-state index in [9.17, 15) is 9.59 Å². The van der Waals surface area contributed by atoms with E-state index in [0.717, 1.165) is 17.7 Å². The average molecular weight is 255 g/mol. The van der Waals surface area contributed by atoms with Gasteiger partial charge in [0.1, 0.15) is 6.04 Å². The quantitative estimate of drug-likeness (QED) is 0.820. The number of nitrogens with one attached hydrogen (secondary N) is 1. The summed E-state index contributed by atoms with van der Waals surface area (Å²) in [4.78, 5) is 24.3. The number of carbonyl (C=O) groups is 2. The van der Waals surface area contributed by atoms with Gasteiger partial charge in [0, 0.05) is 4.88 Å². The third-order valence-corrected chi connectivity index (χ3v) is 3.41. The van der Waals surface area contributed by atoms with E-state index >= 15 is 0 Å². The van der Waals surface area contributed by atoms with E-state index in [1.165, 1.54) is 11.3 Å². The summed E-state index contributed by atoms with van der Waals surface area (Å²) in [6.45, 7) is 3.90. The van der Waals surface area contributed by atoms with E-state index in [4.69, 9.17) is 5.11 Å². The highest BCUT2D eigenvalue weighted by atomic mass is 32.1. The Morgan fingerprint density at radius 3 is 2.65 bits per heavy atom. The molecule has 1 aromatic heterocycles. The minimum atomic E-state index is -0.972. The molecule has 0 aliphatic rings. The fourth-order valence-electron chi connectivity index (χ4n) is 1.45. The van der Waals surface area contributed by atoms with Gasteiger partial charge in [-0.3, -0.25) is 4.79 Å². The van der Waals surface area contributed by atoms with Gasteiger partial charge in [-0.1, -0.05) is 19.8 Å². The minimum absolute atomic E-state index is 0.299. The Hall–Kier alpha value is -1.36. The fraction of sp³-hybridized carbons (Fsp3) is 0.500. The van der Waals surface area contributed by atoms with Crippen molar-refractivity contribution >= 4 is 23.2 Å². The molecule has 1 atom stereocenters. The maximum atomic E-state index is 11.8. The lowest BCUT2D eigenvalue weighted by Gasteiger charge is -2.13. The van der Waals surface area contributed by atoms with Gasteiger partial charge in [0.2, 0.25) is 0 Å². The van der Waals surface area contributed by atoms with Crippen LogP contribution in [0.15, 0.2) is 12.1 Å². The van der Waals surface area contributed by atoms with Gasteiger partial charge in [-0.2, -0.15) is 0 Å². The summed E-state index contributed by atoms with van der Waals surface area (Å²) in [7, 11) is 0. The summed E-state index contributed by atoms with van der Waals surface area (Å²) in [6, 6.07) is 2.78. The number of unbranched alkanes of at least 4 members (excludes halogenated alkanes) is 1. The lowest BCUT2D eigenvalue weighted by Crippen LogP contribution is -2.40. The number of hydrogen-bond donors (Lipinski definition) is 2. The maximum absolute atomic E-state index is 11.8. The van der Waals surface area contributed by atoms with E-state index in [2.05, 4.69) is 5.32 Å². The second-order valence-electron chi connectivity index (χ2n) is 3.92. The van der Waals surface area contributed by atoms with Gasteiger partial charge in [-0.25, -0.2) is 4.79 Å². The van der Waals surface area contributed by atoms with Crippen LogP contribution in [0.3, 0.4) is 0 Å².